The van der Waals surface area contributed by atoms with Crippen LogP contribution in [0.2, 0.25) is 0 Å². The summed E-state index contributed by atoms with van der Waals surface area (Å²) in [5.41, 5.74) is -1.68. The lowest BCUT2D eigenvalue weighted by Gasteiger charge is -2.20. The van der Waals surface area contributed by atoms with Crippen LogP contribution in [0.4, 0.5) is 0 Å². The summed E-state index contributed by atoms with van der Waals surface area (Å²) in [4.78, 5) is 25.9. The van der Waals surface area contributed by atoms with Crippen molar-refractivity contribution >= 4 is 32.7 Å². The summed E-state index contributed by atoms with van der Waals surface area (Å²) < 4.78 is 38.1. The summed E-state index contributed by atoms with van der Waals surface area (Å²) in [7, 11) is 4.03. The zero-order chi connectivity index (χ0) is 24.3. The third-order valence-electron chi connectivity index (χ3n) is 5.85. The molecule has 1 aliphatic heterocycles. The molecular weight excluding hydrogens is 456 g/mol. The Balaban J connectivity index is 1.81. The number of rotatable bonds is 6. The minimum Gasteiger partial charge on any atom is -0.493 e. The first-order valence-corrected chi connectivity index (χ1v) is 10.1. The van der Waals surface area contributed by atoms with E-state index in [1.54, 1.807) is 0 Å². The number of hydrogen-bond acceptors (Lipinski definition) is 12. The van der Waals surface area contributed by atoms with Gasteiger partial charge in [-0.25, -0.2) is 9.59 Å². The van der Waals surface area contributed by atoms with Gasteiger partial charge in [0.1, 0.15) is 18.3 Å². The largest absolute Gasteiger partial charge is 0.493 e. The van der Waals surface area contributed by atoms with Gasteiger partial charge in [-0.15, -0.1) is 0 Å². The number of aliphatic hydroxyl groups is 3. The molecule has 34 heavy (non-hydrogen) atoms. The van der Waals surface area contributed by atoms with Crippen LogP contribution in [0.5, 0.6) is 23.0 Å². The van der Waals surface area contributed by atoms with Crippen molar-refractivity contribution in [3.05, 3.63) is 33.0 Å². The van der Waals surface area contributed by atoms with E-state index in [0.717, 1.165) is 0 Å². The quantitative estimate of drug-likeness (QED) is 0.258. The van der Waals surface area contributed by atoms with Crippen molar-refractivity contribution in [2.75, 3.05) is 27.9 Å². The normalized spacial score (nSPS) is 22.6. The van der Waals surface area contributed by atoms with Gasteiger partial charge in [-0.2, -0.15) is 0 Å². The van der Waals surface area contributed by atoms with Crippen molar-refractivity contribution in [1.29, 1.82) is 0 Å². The molecule has 0 unspecified atom stereocenters. The molecule has 0 spiro atoms. The molecule has 12 nitrogen and oxygen atoms in total. The molecule has 1 aliphatic rings. The summed E-state index contributed by atoms with van der Waals surface area (Å²) in [6.07, 6.45) is -5.40. The third-order valence-corrected chi connectivity index (χ3v) is 5.85. The molecule has 0 saturated carbocycles. The zero-order valence-corrected chi connectivity index (χ0v) is 18.2. The van der Waals surface area contributed by atoms with Gasteiger partial charge in [0.15, 0.2) is 22.7 Å². The Morgan fingerprint density at radius 2 is 1.35 bits per heavy atom. The highest BCUT2D eigenvalue weighted by Gasteiger charge is 2.44. The number of hydrogen-bond donors (Lipinski definition) is 3. The van der Waals surface area contributed by atoms with E-state index in [1.807, 2.05) is 0 Å². The number of benzene rings is 2. The Morgan fingerprint density at radius 3 is 1.82 bits per heavy atom. The lowest BCUT2D eigenvalue weighted by molar-refractivity contribution is -0.117. The van der Waals surface area contributed by atoms with E-state index < -0.39 is 42.5 Å². The average Bonchev–Trinajstić information content (AvgIpc) is 3.10. The van der Waals surface area contributed by atoms with Crippen LogP contribution in [0.25, 0.3) is 32.7 Å². The fourth-order valence-electron chi connectivity index (χ4n) is 4.26. The van der Waals surface area contributed by atoms with E-state index in [0.29, 0.717) is 0 Å². The Kier molecular flexibility index (Phi) is 5.24. The van der Waals surface area contributed by atoms with Crippen LogP contribution in [0.3, 0.4) is 0 Å². The molecule has 12 heteroatoms. The third kappa shape index (κ3) is 3.00. The minimum absolute atomic E-state index is 0.00794. The number of methoxy groups -OCH3 is 3. The molecule has 2 aromatic carbocycles. The van der Waals surface area contributed by atoms with Crippen molar-refractivity contribution in [3.8, 4) is 23.0 Å². The maximum Gasteiger partial charge on any atom is 0.344 e. The molecule has 4 atom stereocenters. The number of aliphatic hydroxyl groups excluding tert-OH is 3. The van der Waals surface area contributed by atoms with Crippen molar-refractivity contribution < 1.29 is 47.8 Å². The van der Waals surface area contributed by atoms with E-state index in [-0.39, 0.29) is 55.7 Å². The van der Waals surface area contributed by atoms with Crippen LogP contribution in [0.1, 0.15) is 0 Å². The summed E-state index contributed by atoms with van der Waals surface area (Å²) >= 11 is 0. The van der Waals surface area contributed by atoms with Crippen LogP contribution in [0, 0.1) is 0 Å². The van der Waals surface area contributed by atoms with Crippen molar-refractivity contribution in [2.45, 2.75) is 24.6 Å². The van der Waals surface area contributed by atoms with Gasteiger partial charge < -0.3 is 47.8 Å². The van der Waals surface area contributed by atoms with E-state index in [4.69, 9.17) is 32.5 Å². The monoisotopic (exact) mass is 476 g/mol. The molecule has 1 fully saturated rings. The first kappa shape index (κ1) is 22.2. The molecule has 0 bridgehead atoms. The molecule has 3 N–H and O–H groups in total. The van der Waals surface area contributed by atoms with Gasteiger partial charge in [-0.1, -0.05) is 0 Å². The molecule has 2 aromatic heterocycles. The molecule has 3 heterocycles. The fraction of sp³-hybridized carbons (Fsp3) is 0.364. The van der Waals surface area contributed by atoms with Crippen LogP contribution >= 0.6 is 0 Å². The van der Waals surface area contributed by atoms with Crippen LogP contribution in [-0.4, -0.2) is 67.9 Å². The van der Waals surface area contributed by atoms with Gasteiger partial charge in [-0.3, -0.25) is 0 Å². The zero-order valence-electron chi connectivity index (χ0n) is 18.2. The van der Waals surface area contributed by atoms with Gasteiger partial charge in [0, 0.05) is 10.8 Å². The van der Waals surface area contributed by atoms with E-state index in [9.17, 15) is 24.9 Å². The molecular formula is C22H20O12. The van der Waals surface area contributed by atoms with Crippen LogP contribution in [0.15, 0.2) is 30.6 Å². The minimum atomic E-state index is -1.51. The van der Waals surface area contributed by atoms with E-state index >= 15 is 0 Å². The predicted octanol–water partition coefficient (Wildman–Crippen LogP) is 0.334. The molecule has 5 rings (SSSR count). The Bertz CT molecular complexity index is 1500. The number of ether oxygens (including phenoxy) is 5. The van der Waals surface area contributed by atoms with E-state index in [2.05, 4.69) is 0 Å². The molecule has 0 aliphatic carbocycles. The second kappa shape index (κ2) is 8.02. The molecule has 1 saturated heterocycles. The maximum atomic E-state index is 13.0. The lowest BCUT2D eigenvalue weighted by atomic mass is 10.0. The lowest BCUT2D eigenvalue weighted by Crippen LogP contribution is -2.35. The van der Waals surface area contributed by atoms with Gasteiger partial charge in [0.2, 0.25) is 17.8 Å². The topological polar surface area (TPSA) is 167 Å². The molecule has 0 amide bonds. The van der Waals surface area contributed by atoms with Gasteiger partial charge in [0.05, 0.1) is 38.7 Å². The van der Waals surface area contributed by atoms with Gasteiger partial charge >= 0.3 is 11.3 Å². The highest BCUT2D eigenvalue weighted by molar-refractivity contribution is 6.22. The fourth-order valence-corrected chi connectivity index (χ4v) is 4.26. The highest BCUT2D eigenvalue weighted by atomic mass is 16.7. The van der Waals surface area contributed by atoms with Crippen molar-refractivity contribution in [1.82, 2.24) is 0 Å². The van der Waals surface area contributed by atoms with E-state index in [1.165, 1.54) is 33.5 Å². The summed E-state index contributed by atoms with van der Waals surface area (Å²) in [5.74, 6) is 0.102. The van der Waals surface area contributed by atoms with Gasteiger partial charge in [0.25, 0.3) is 0 Å². The van der Waals surface area contributed by atoms with Crippen molar-refractivity contribution in [3.63, 3.8) is 0 Å². The molecule has 180 valence electrons. The highest BCUT2D eigenvalue weighted by Crippen LogP contribution is 2.46. The van der Waals surface area contributed by atoms with Crippen molar-refractivity contribution in [2.24, 2.45) is 0 Å². The van der Waals surface area contributed by atoms with Crippen LogP contribution < -0.4 is 30.2 Å². The summed E-state index contributed by atoms with van der Waals surface area (Å²) in [6.45, 7) is -0.556. The summed E-state index contributed by atoms with van der Waals surface area (Å²) in [5, 5.41) is 30.1. The SMILES string of the molecule is COc1cc2c(=O)oc3c(OC)c(O[C@@H]4O[C@@H](CO)[C@H](O)[C@H]4O)cc4c(=O)oc(c1OC)c2c34. The Morgan fingerprint density at radius 1 is 0.824 bits per heavy atom. The Labute approximate surface area is 189 Å². The first-order valence-electron chi connectivity index (χ1n) is 10.1. The molecule has 0 radical (unpaired) electrons. The average molecular weight is 476 g/mol. The smallest absolute Gasteiger partial charge is 0.344 e. The first-order chi connectivity index (χ1) is 16.3. The standard InChI is InChI=1S/C22H20O12/c1-28-9-4-7-12-13-8(21(27)33-18(12)16(9)29-2)5-10(17(30-3)19(13)34-20(7)26)31-22-15(25)14(24)11(6-23)32-22/h4-5,11,14-15,22-25H,6H2,1-3H3/t11-,14-,15+,22+/m0/s1. The predicted molar refractivity (Wildman–Crippen MR) is 115 cm³/mol. The second-order valence-electron chi connectivity index (χ2n) is 7.63. The molecule has 4 aromatic rings. The van der Waals surface area contributed by atoms with Crippen LogP contribution in [-0.2, 0) is 4.74 Å². The second-order valence-corrected chi connectivity index (χ2v) is 7.63. The summed E-state index contributed by atoms with van der Waals surface area (Å²) in [6, 6.07) is 2.71. The Hall–Kier alpha value is -3.58. The maximum absolute atomic E-state index is 13.0. The van der Waals surface area contributed by atoms with Gasteiger partial charge in [-0.05, 0) is 12.1 Å².